The number of fused-ring (bicyclic) bond motifs is 1. The molecule has 2 heterocycles. The third kappa shape index (κ3) is 5.62. The van der Waals surface area contributed by atoms with Crippen molar-refractivity contribution in [3.63, 3.8) is 0 Å². The standard InChI is InChI=1S/C33H39FN2O2/c1-21-29(20-30(37)38)32(36-15-13-33(3,4)14-16-36)31(22(2)35-21)27-10-9-25-18-24(5-8-26(25)19-27)17-23-6-11-28(34)12-7-23/h6-7,9-12,19,24H,5,8,13-18,20H2,1-4H3,(H,37,38). The largest absolute Gasteiger partial charge is 0.481 e. The topological polar surface area (TPSA) is 53.4 Å². The lowest BCUT2D eigenvalue weighted by molar-refractivity contribution is -0.136. The van der Waals surface area contributed by atoms with Crippen LogP contribution in [0, 0.1) is 31.0 Å². The van der Waals surface area contributed by atoms with Crippen LogP contribution in [0.4, 0.5) is 10.1 Å². The summed E-state index contributed by atoms with van der Waals surface area (Å²) in [7, 11) is 0. The van der Waals surface area contributed by atoms with Crippen LogP contribution in [0.5, 0.6) is 0 Å². The van der Waals surface area contributed by atoms with E-state index in [1.54, 1.807) is 12.1 Å². The number of hydrogen-bond acceptors (Lipinski definition) is 3. The molecule has 1 N–H and O–H groups in total. The molecular formula is C33H39FN2O2. The third-order valence-corrected chi connectivity index (χ3v) is 8.68. The van der Waals surface area contributed by atoms with E-state index in [2.05, 4.69) is 43.9 Å². The van der Waals surface area contributed by atoms with Gasteiger partial charge in [-0.05, 0) is 98.1 Å². The van der Waals surface area contributed by atoms with Gasteiger partial charge in [0.25, 0.3) is 0 Å². The van der Waals surface area contributed by atoms with E-state index in [0.717, 1.165) is 85.4 Å². The maximum atomic E-state index is 13.3. The molecule has 4 nitrogen and oxygen atoms in total. The highest BCUT2D eigenvalue weighted by Crippen LogP contribution is 2.42. The molecule has 0 radical (unpaired) electrons. The number of nitrogens with zero attached hydrogens (tertiary/aromatic N) is 2. The number of aryl methyl sites for hydroxylation is 3. The molecule has 1 aliphatic carbocycles. The number of anilines is 1. The summed E-state index contributed by atoms with van der Waals surface area (Å²) < 4.78 is 13.3. The van der Waals surface area contributed by atoms with E-state index in [1.165, 1.54) is 16.7 Å². The van der Waals surface area contributed by atoms with Gasteiger partial charge in [-0.3, -0.25) is 9.78 Å². The van der Waals surface area contributed by atoms with Gasteiger partial charge in [0.2, 0.25) is 0 Å². The number of carboxylic acids is 1. The van der Waals surface area contributed by atoms with Crippen LogP contribution < -0.4 is 4.90 Å². The number of hydrogen-bond donors (Lipinski definition) is 1. The average Bonchev–Trinajstić information content (AvgIpc) is 2.86. The molecule has 5 heteroatoms. The molecule has 1 aromatic heterocycles. The minimum Gasteiger partial charge on any atom is -0.481 e. The van der Waals surface area contributed by atoms with Crippen LogP contribution in [-0.4, -0.2) is 29.1 Å². The monoisotopic (exact) mass is 514 g/mol. The second-order valence-electron chi connectivity index (χ2n) is 12.1. The van der Waals surface area contributed by atoms with Crippen molar-refractivity contribution in [2.45, 2.75) is 72.6 Å². The quantitative estimate of drug-likeness (QED) is 0.381. The van der Waals surface area contributed by atoms with Crippen LogP contribution >= 0.6 is 0 Å². The summed E-state index contributed by atoms with van der Waals surface area (Å²) in [5.41, 5.74) is 10.2. The fourth-order valence-electron chi connectivity index (χ4n) is 6.38. The van der Waals surface area contributed by atoms with Gasteiger partial charge in [0.1, 0.15) is 5.82 Å². The highest BCUT2D eigenvalue weighted by molar-refractivity contribution is 5.86. The summed E-state index contributed by atoms with van der Waals surface area (Å²) in [6.45, 7) is 10.5. The number of piperidine rings is 1. The molecule has 2 aromatic carbocycles. The van der Waals surface area contributed by atoms with Crippen molar-refractivity contribution >= 4 is 11.7 Å². The van der Waals surface area contributed by atoms with Gasteiger partial charge >= 0.3 is 5.97 Å². The lowest BCUT2D eigenvalue weighted by Crippen LogP contribution is -2.38. The molecular weight excluding hydrogens is 475 g/mol. The van der Waals surface area contributed by atoms with Crippen molar-refractivity contribution in [2.24, 2.45) is 11.3 Å². The average molecular weight is 515 g/mol. The molecule has 1 atom stereocenters. The van der Waals surface area contributed by atoms with Gasteiger partial charge in [-0.2, -0.15) is 0 Å². The first kappa shape index (κ1) is 26.4. The van der Waals surface area contributed by atoms with Crippen molar-refractivity contribution in [1.29, 1.82) is 0 Å². The summed E-state index contributed by atoms with van der Waals surface area (Å²) >= 11 is 0. The molecule has 0 bridgehead atoms. The van der Waals surface area contributed by atoms with Gasteiger partial charge in [-0.1, -0.05) is 44.2 Å². The molecule has 0 saturated carbocycles. The minimum atomic E-state index is -0.819. The van der Waals surface area contributed by atoms with E-state index in [0.29, 0.717) is 11.3 Å². The first-order chi connectivity index (χ1) is 18.1. The molecule has 0 amide bonds. The Morgan fingerprint density at radius 3 is 2.45 bits per heavy atom. The Kier molecular flexibility index (Phi) is 7.30. The van der Waals surface area contributed by atoms with Gasteiger partial charge in [-0.25, -0.2) is 4.39 Å². The van der Waals surface area contributed by atoms with Crippen molar-refractivity contribution in [2.75, 3.05) is 18.0 Å². The molecule has 3 aromatic rings. The van der Waals surface area contributed by atoms with E-state index < -0.39 is 5.97 Å². The number of rotatable bonds is 6. The van der Waals surface area contributed by atoms with Crippen LogP contribution in [0.3, 0.4) is 0 Å². The van der Waals surface area contributed by atoms with Crippen molar-refractivity contribution in [1.82, 2.24) is 4.98 Å². The van der Waals surface area contributed by atoms with Gasteiger partial charge < -0.3 is 10.0 Å². The molecule has 1 aliphatic heterocycles. The Morgan fingerprint density at radius 1 is 1.05 bits per heavy atom. The molecule has 2 aliphatic rings. The predicted octanol–water partition coefficient (Wildman–Crippen LogP) is 7.11. The van der Waals surface area contributed by atoms with Gasteiger partial charge in [0, 0.05) is 35.6 Å². The van der Waals surface area contributed by atoms with E-state index in [-0.39, 0.29) is 12.2 Å². The Balaban J connectivity index is 1.49. The highest BCUT2D eigenvalue weighted by atomic mass is 19.1. The lowest BCUT2D eigenvalue weighted by atomic mass is 9.79. The number of aromatic nitrogens is 1. The van der Waals surface area contributed by atoms with Crippen LogP contribution in [0.15, 0.2) is 42.5 Å². The van der Waals surface area contributed by atoms with Gasteiger partial charge in [0.15, 0.2) is 0 Å². The van der Waals surface area contributed by atoms with Crippen LogP contribution in [-0.2, 0) is 30.5 Å². The van der Waals surface area contributed by atoms with E-state index >= 15 is 0 Å². The maximum Gasteiger partial charge on any atom is 0.307 e. The number of benzene rings is 2. The van der Waals surface area contributed by atoms with E-state index in [4.69, 9.17) is 4.98 Å². The number of carboxylic acid groups (broad SMARTS) is 1. The summed E-state index contributed by atoms with van der Waals surface area (Å²) in [5.74, 6) is -0.452. The second kappa shape index (κ2) is 10.5. The second-order valence-corrected chi connectivity index (χ2v) is 12.1. The fourth-order valence-corrected chi connectivity index (χ4v) is 6.38. The zero-order chi connectivity index (χ0) is 27.0. The predicted molar refractivity (Wildman–Crippen MR) is 151 cm³/mol. The molecule has 200 valence electrons. The maximum absolute atomic E-state index is 13.3. The van der Waals surface area contributed by atoms with Gasteiger partial charge in [-0.15, -0.1) is 0 Å². The third-order valence-electron chi connectivity index (χ3n) is 8.68. The summed E-state index contributed by atoms with van der Waals surface area (Å²) in [6, 6.07) is 13.7. The highest BCUT2D eigenvalue weighted by Gasteiger charge is 2.30. The summed E-state index contributed by atoms with van der Waals surface area (Å²) in [4.78, 5) is 19.2. The molecule has 1 unspecified atom stereocenters. The normalized spacial score (nSPS) is 18.8. The van der Waals surface area contributed by atoms with Crippen molar-refractivity contribution < 1.29 is 14.3 Å². The smallest absolute Gasteiger partial charge is 0.307 e. The van der Waals surface area contributed by atoms with E-state index in [9.17, 15) is 14.3 Å². The zero-order valence-corrected chi connectivity index (χ0v) is 23.1. The molecule has 1 fully saturated rings. The van der Waals surface area contributed by atoms with E-state index in [1.807, 2.05) is 19.1 Å². The fraction of sp³-hybridized carbons (Fsp3) is 0.455. The number of aliphatic carboxylic acids is 1. The first-order valence-electron chi connectivity index (χ1n) is 13.9. The molecule has 38 heavy (non-hydrogen) atoms. The van der Waals surface area contributed by atoms with Crippen LogP contribution in [0.2, 0.25) is 0 Å². The SMILES string of the molecule is Cc1nc(C)c(-c2ccc3c(c2)CCC(Cc2ccc(F)cc2)C3)c(N2CCC(C)(C)CC2)c1CC(=O)O. The molecule has 0 spiro atoms. The Hall–Kier alpha value is -3.21. The number of halogens is 1. The van der Waals surface area contributed by atoms with Crippen LogP contribution in [0.1, 0.15) is 66.8 Å². The summed E-state index contributed by atoms with van der Waals surface area (Å²) in [5, 5.41) is 9.77. The van der Waals surface area contributed by atoms with Gasteiger partial charge in [0.05, 0.1) is 12.1 Å². The molecule has 1 saturated heterocycles. The van der Waals surface area contributed by atoms with Crippen molar-refractivity contribution in [3.8, 4) is 11.1 Å². The molecule has 5 rings (SSSR count). The number of pyridine rings is 1. The van der Waals surface area contributed by atoms with Crippen molar-refractivity contribution in [3.05, 3.63) is 81.9 Å². The Labute approximate surface area is 225 Å². The first-order valence-corrected chi connectivity index (χ1v) is 13.9. The lowest BCUT2D eigenvalue weighted by Gasteiger charge is -2.40. The number of carbonyl (C=O) groups is 1. The summed E-state index contributed by atoms with van der Waals surface area (Å²) in [6.07, 6.45) is 6.27. The Bertz CT molecular complexity index is 1340. The Morgan fingerprint density at radius 2 is 1.76 bits per heavy atom. The van der Waals surface area contributed by atoms with Crippen LogP contribution in [0.25, 0.3) is 11.1 Å². The zero-order valence-electron chi connectivity index (χ0n) is 23.1. The minimum absolute atomic E-state index is 0.0165.